The third-order valence-corrected chi connectivity index (χ3v) is 2.41. The molecule has 0 unspecified atom stereocenters. The minimum atomic E-state index is -0.459. The maximum atomic E-state index is 12.2. The molecule has 1 heterocycles. The second kappa shape index (κ2) is 7.08. The molecular formula is C12H20FN3O2. The van der Waals surface area contributed by atoms with Crippen molar-refractivity contribution in [2.45, 2.75) is 40.2 Å². The number of aromatic nitrogens is 3. The molecule has 1 aromatic heterocycles. The highest BCUT2D eigenvalue weighted by Gasteiger charge is 2.21. The summed E-state index contributed by atoms with van der Waals surface area (Å²) in [7, 11) is 0. The molecule has 0 aliphatic rings. The van der Waals surface area contributed by atoms with Crippen molar-refractivity contribution in [1.82, 2.24) is 15.0 Å². The van der Waals surface area contributed by atoms with Crippen molar-refractivity contribution >= 4 is 5.97 Å². The Balaban J connectivity index is 2.94. The van der Waals surface area contributed by atoms with Gasteiger partial charge in [-0.1, -0.05) is 19.1 Å². The summed E-state index contributed by atoms with van der Waals surface area (Å²) in [6.45, 7) is 6.16. The molecule has 0 aliphatic heterocycles. The summed E-state index contributed by atoms with van der Waals surface area (Å²) in [5, 5.41) is 7.77. The van der Waals surface area contributed by atoms with Crippen LogP contribution < -0.4 is 0 Å². The van der Waals surface area contributed by atoms with E-state index in [9.17, 15) is 9.18 Å². The van der Waals surface area contributed by atoms with Crippen LogP contribution in [0.25, 0.3) is 0 Å². The molecule has 0 saturated carbocycles. The Kier molecular flexibility index (Phi) is 5.74. The fourth-order valence-electron chi connectivity index (χ4n) is 1.67. The van der Waals surface area contributed by atoms with Gasteiger partial charge in [0.2, 0.25) is 0 Å². The molecular weight excluding hydrogens is 237 g/mol. The first-order valence-corrected chi connectivity index (χ1v) is 6.25. The average Bonchev–Trinajstić information content (AvgIpc) is 2.69. The predicted octanol–water partition coefficient (Wildman–Crippen LogP) is 2.01. The Morgan fingerprint density at radius 1 is 1.50 bits per heavy atom. The first-order valence-electron chi connectivity index (χ1n) is 6.25. The summed E-state index contributed by atoms with van der Waals surface area (Å²) in [6.07, 6.45) is 1.05. The van der Waals surface area contributed by atoms with Crippen LogP contribution in [0.3, 0.4) is 0 Å². The summed E-state index contributed by atoms with van der Waals surface area (Å²) < 4.78 is 18.7. The highest BCUT2D eigenvalue weighted by Crippen LogP contribution is 2.13. The number of aryl methyl sites for hydroxylation is 1. The number of hydrogen-bond donors (Lipinski definition) is 0. The number of esters is 1. The summed E-state index contributed by atoms with van der Waals surface area (Å²) in [4.78, 5) is 11.7. The van der Waals surface area contributed by atoms with Crippen LogP contribution in [0.15, 0.2) is 0 Å². The van der Waals surface area contributed by atoms with E-state index in [1.807, 2.05) is 13.8 Å². The van der Waals surface area contributed by atoms with E-state index >= 15 is 0 Å². The van der Waals surface area contributed by atoms with Gasteiger partial charge in [-0.05, 0) is 25.7 Å². The van der Waals surface area contributed by atoms with Crippen LogP contribution >= 0.6 is 0 Å². The lowest BCUT2D eigenvalue weighted by atomic mass is 10.1. The van der Waals surface area contributed by atoms with E-state index in [2.05, 4.69) is 10.3 Å². The first-order chi connectivity index (χ1) is 8.60. The summed E-state index contributed by atoms with van der Waals surface area (Å²) >= 11 is 0. The number of nitrogens with zero attached hydrogens (tertiary/aromatic N) is 3. The Labute approximate surface area is 106 Å². The summed E-state index contributed by atoms with van der Waals surface area (Å²) in [5.74, 6) is -0.0968. The van der Waals surface area contributed by atoms with Crippen molar-refractivity contribution in [3.8, 4) is 0 Å². The van der Waals surface area contributed by atoms with Crippen LogP contribution in [0, 0.1) is 5.92 Å². The van der Waals surface area contributed by atoms with Crippen LogP contribution in [0.2, 0.25) is 0 Å². The maximum absolute atomic E-state index is 12.2. The minimum Gasteiger partial charge on any atom is -0.461 e. The molecule has 5 nitrogen and oxygen atoms in total. The SMILES string of the molecule is CCOC(=O)c1nnn(CCCF)c1CC(C)C. The van der Waals surface area contributed by atoms with Gasteiger partial charge in [0.1, 0.15) is 0 Å². The van der Waals surface area contributed by atoms with E-state index in [1.54, 1.807) is 11.6 Å². The van der Waals surface area contributed by atoms with Crippen molar-refractivity contribution in [1.29, 1.82) is 0 Å². The van der Waals surface area contributed by atoms with Crippen molar-refractivity contribution < 1.29 is 13.9 Å². The molecule has 0 N–H and O–H groups in total. The largest absolute Gasteiger partial charge is 0.461 e. The third-order valence-electron chi connectivity index (χ3n) is 2.41. The molecule has 0 spiro atoms. The van der Waals surface area contributed by atoms with Gasteiger partial charge in [-0.2, -0.15) is 0 Å². The van der Waals surface area contributed by atoms with E-state index in [1.165, 1.54) is 0 Å². The molecule has 1 aromatic rings. The molecule has 1 rings (SSSR count). The van der Waals surface area contributed by atoms with Crippen molar-refractivity contribution in [3.05, 3.63) is 11.4 Å². The van der Waals surface area contributed by atoms with Gasteiger partial charge in [0.15, 0.2) is 5.69 Å². The molecule has 0 saturated heterocycles. The van der Waals surface area contributed by atoms with Gasteiger partial charge >= 0.3 is 5.97 Å². The molecule has 0 radical (unpaired) electrons. The molecule has 18 heavy (non-hydrogen) atoms. The Morgan fingerprint density at radius 2 is 2.22 bits per heavy atom. The van der Waals surface area contributed by atoms with E-state index in [0.29, 0.717) is 31.9 Å². The molecule has 0 aliphatic carbocycles. The van der Waals surface area contributed by atoms with E-state index in [-0.39, 0.29) is 5.69 Å². The number of halogens is 1. The lowest BCUT2D eigenvalue weighted by Crippen LogP contribution is -2.13. The van der Waals surface area contributed by atoms with Gasteiger partial charge in [0, 0.05) is 6.54 Å². The zero-order valence-corrected chi connectivity index (χ0v) is 11.1. The second-order valence-corrected chi connectivity index (χ2v) is 4.47. The van der Waals surface area contributed by atoms with Gasteiger partial charge < -0.3 is 4.74 Å². The Bertz CT molecular complexity index is 391. The van der Waals surface area contributed by atoms with Gasteiger partial charge in [-0.15, -0.1) is 5.10 Å². The molecule has 6 heteroatoms. The number of carbonyl (C=O) groups excluding carboxylic acids is 1. The second-order valence-electron chi connectivity index (χ2n) is 4.47. The normalized spacial score (nSPS) is 10.9. The molecule has 0 bridgehead atoms. The number of hydrogen-bond acceptors (Lipinski definition) is 4. The van der Waals surface area contributed by atoms with Crippen LogP contribution in [-0.2, 0) is 17.7 Å². The van der Waals surface area contributed by atoms with Crippen LogP contribution in [0.4, 0.5) is 4.39 Å². The van der Waals surface area contributed by atoms with Crippen molar-refractivity contribution in [2.24, 2.45) is 5.92 Å². The van der Waals surface area contributed by atoms with Gasteiger partial charge in [-0.25, -0.2) is 9.48 Å². The van der Waals surface area contributed by atoms with Gasteiger partial charge in [-0.3, -0.25) is 4.39 Å². The molecule has 0 amide bonds. The van der Waals surface area contributed by atoms with Crippen LogP contribution in [0.5, 0.6) is 0 Å². The molecule has 0 fully saturated rings. The summed E-state index contributed by atoms with van der Waals surface area (Å²) in [6, 6.07) is 0. The lowest BCUT2D eigenvalue weighted by Gasteiger charge is -2.09. The van der Waals surface area contributed by atoms with Crippen LogP contribution in [-0.4, -0.2) is 34.2 Å². The number of alkyl halides is 1. The first kappa shape index (κ1) is 14.6. The summed E-state index contributed by atoms with van der Waals surface area (Å²) in [5.41, 5.74) is 0.987. The minimum absolute atomic E-state index is 0.254. The molecule has 0 aromatic carbocycles. The highest BCUT2D eigenvalue weighted by atomic mass is 19.1. The topological polar surface area (TPSA) is 57.0 Å². The fourth-order valence-corrected chi connectivity index (χ4v) is 1.67. The van der Waals surface area contributed by atoms with Crippen LogP contribution in [0.1, 0.15) is 43.4 Å². The van der Waals surface area contributed by atoms with Gasteiger partial charge in [0.25, 0.3) is 0 Å². The molecule has 0 atom stereocenters. The standard InChI is InChI=1S/C12H20FN3O2/c1-4-18-12(17)11-10(8-9(2)3)16(15-14-11)7-5-6-13/h9H,4-8H2,1-3H3. The number of ether oxygens (including phenoxy) is 1. The predicted molar refractivity (Wildman–Crippen MR) is 65.1 cm³/mol. The Hall–Kier alpha value is -1.46. The van der Waals surface area contributed by atoms with E-state index in [0.717, 1.165) is 5.69 Å². The highest BCUT2D eigenvalue weighted by molar-refractivity contribution is 5.88. The quantitative estimate of drug-likeness (QED) is 0.701. The van der Waals surface area contributed by atoms with E-state index < -0.39 is 12.6 Å². The fraction of sp³-hybridized carbons (Fsp3) is 0.750. The zero-order chi connectivity index (χ0) is 13.5. The van der Waals surface area contributed by atoms with Gasteiger partial charge in [0.05, 0.1) is 19.0 Å². The average molecular weight is 257 g/mol. The number of rotatable bonds is 7. The number of carbonyl (C=O) groups is 1. The van der Waals surface area contributed by atoms with Crippen molar-refractivity contribution in [2.75, 3.05) is 13.3 Å². The lowest BCUT2D eigenvalue weighted by molar-refractivity contribution is 0.0517. The third kappa shape index (κ3) is 3.78. The maximum Gasteiger partial charge on any atom is 0.360 e. The zero-order valence-electron chi connectivity index (χ0n) is 11.1. The monoisotopic (exact) mass is 257 g/mol. The molecule has 102 valence electrons. The van der Waals surface area contributed by atoms with Crippen molar-refractivity contribution in [3.63, 3.8) is 0 Å². The smallest absolute Gasteiger partial charge is 0.360 e. The Morgan fingerprint density at radius 3 is 2.78 bits per heavy atom. The van der Waals surface area contributed by atoms with E-state index in [4.69, 9.17) is 4.74 Å².